The molecule has 2 fully saturated rings. The molecule has 0 aliphatic carbocycles. The van der Waals surface area contributed by atoms with Crippen LogP contribution in [0.1, 0.15) is 36.5 Å². The van der Waals surface area contributed by atoms with E-state index in [1.165, 1.54) is 0 Å². The van der Waals surface area contributed by atoms with E-state index in [0.717, 1.165) is 31.6 Å². The Labute approximate surface area is 164 Å². The van der Waals surface area contributed by atoms with Crippen LogP contribution in [0, 0.1) is 0 Å². The van der Waals surface area contributed by atoms with E-state index >= 15 is 0 Å². The molecule has 8 heteroatoms. The Hall–Kier alpha value is -2.71. The van der Waals surface area contributed by atoms with Crippen molar-refractivity contribution in [1.29, 1.82) is 0 Å². The number of nitrogens with zero attached hydrogens (tertiary/aromatic N) is 3. The average molecular weight is 382 g/mol. The molecule has 28 heavy (non-hydrogen) atoms. The van der Waals surface area contributed by atoms with Gasteiger partial charge in [0, 0.05) is 49.6 Å². The fourth-order valence-electron chi connectivity index (χ4n) is 3.84. The largest absolute Gasteiger partial charge is 0.349 e. The molecule has 2 aliphatic rings. The first-order valence-electron chi connectivity index (χ1n) is 9.79. The lowest BCUT2D eigenvalue weighted by molar-refractivity contribution is -0.127. The summed E-state index contributed by atoms with van der Waals surface area (Å²) in [6.07, 6.45) is 5.68. The van der Waals surface area contributed by atoms with E-state index in [0.29, 0.717) is 12.0 Å². The Kier molecular flexibility index (Phi) is 5.40. The molecule has 0 radical (unpaired) electrons. The summed E-state index contributed by atoms with van der Waals surface area (Å²) < 4.78 is 1.74. The molecule has 0 saturated carbocycles. The van der Waals surface area contributed by atoms with Gasteiger partial charge in [-0.05, 0) is 44.0 Å². The number of likely N-dealkylation sites (tertiary alicyclic amines) is 1. The highest BCUT2D eigenvalue weighted by molar-refractivity contribution is 5.94. The van der Waals surface area contributed by atoms with Gasteiger partial charge in [-0.2, -0.15) is 5.10 Å². The zero-order chi connectivity index (χ0) is 19.5. The smallest absolute Gasteiger partial charge is 0.251 e. The van der Waals surface area contributed by atoms with Gasteiger partial charge in [-0.1, -0.05) is 6.07 Å². The van der Waals surface area contributed by atoms with Crippen LogP contribution < -0.4 is 16.0 Å². The van der Waals surface area contributed by atoms with Gasteiger partial charge in [0.05, 0.1) is 5.69 Å². The normalized spacial score (nSPS) is 24.0. The maximum Gasteiger partial charge on any atom is 0.251 e. The van der Waals surface area contributed by atoms with E-state index in [-0.39, 0.29) is 30.2 Å². The van der Waals surface area contributed by atoms with Crippen molar-refractivity contribution in [2.45, 2.75) is 44.6 Å². The monoisotopic (exact) mass is 382 g/mol. The van der Waals surface area contributed by atoms with Crippen molar-refractivity contribution in [3.63, 3.8) is 0 Å². The van der Waals surface area contributed by atoms with Crippen molar-refractivity contribution in [3.05, 3.63) is 48.3 Å². The zero-order valence-corrected chi connectivity index (χ0v) is 16.0. The minimum absolute atomic E-state index is 0.0647. The summed E-state index contributed by atoms with van der Waals surface area (Å²) in [6, 6.07) is 9.62. The molecule has 2 atom stereocenters. The Morgan fingerprint density at radius 3 is 2.79 bits per heavy atom. The molecule has 2 aromatic rings. The van der Waals surface area contributed by atoms with Gasteiger partial charge in [0.25, 0.3) is 5.91 Å². The van der Waals surface area contributed by atoms with Crippen molar-refractivity contribution in [2.24, 2.45) is 0 Å². The first-order valence-corrected chi connectivity index (χ1v) is 9.79. The van der Waals surface area contributed by atoms with Crippen LogP contribution in [0.3, 0.4) is 0 Å². The summed E-state index contributed by atoms with van der Waals surface area (Å²) in [6.45, 7) is 3.67. The lowest BCUT2D eigenvalue weighted by Gasteiger charge is -2.41. The van der Waals surface area contributed by atoms with Gasteiger partial charge in [-0.25, -0.2) is 4.68 Å². The number of aromatic nitrogens is 2. The molecule has 2 unspecified atom stereocenters. The fraction of sp³-hybridized carbons (Fsp3) is 0.450. The van der Waals surface area contributed by atoms with Crippen molar-refractivity contribution >= 4 is 11.8 Å². The van der Waals surface area contributed by atoms with Crippen molar-refractivity contribution in [3.8, 4) is 5.69 Å². The predicted octanol–water partition coefficient (Wildman–Crippen LogP) is 0.848. The maximum absolute atomic E-state index is 12.7. The molecule has 0 spiro atoms. The van der Waals surface area contributed by atoms with Crippen molar-refractivity contribution in [1.82, 2.24) is 30.6 Å². The first kappa shape index (κ1) is 18.6. The number of carbonyl (C=O) groups excluding carboxylic acids is 2. The van der Waals surface area contributed by atoms with Gasteiger partial charge in [0.15, 0.2) is 0 Å². The second-order valence-electron chi connectivity index (χ2n) is 7.53. The average Bonchev–Trinajstić information content (AvgIpc) is 3.23. The highest BCUT2D eigenvalue weighted by Gasteiger charge is 2.30. The SMILES string of the molecule is CC1CC(=O)NC(N2CCC(NC(=O)c3cccc(-n4cccn4)c3)CC2)N1. The molecule has 2 aliphatic heterocycles. The highest BCUT2D eigenvalue weighted by atomic mass is 16.2. The third-order valence-corrected chi connectivity index (χ3v) is 5.34. The quantitative estimate of drug-likeness (QED) is 0.729. The van der Waals surface area contributed by atoms with Gasteiger partial charge in [-0.15, -0.1) is 0 Å². The van der Waals surface area contributed by atoms with E-state index in [1.807, 2.05) is 43.5 Å². The van der Waals surface area contributed by atoms with Crippen molar-refractivity contribution < 1.29 is 9.59 Å². The molecule has 1 aromatic carbocycles. The maximum atomic E-state index is 12.7. The number of hydrogen-bond donors (Lipinski definition) is 3. The van der Waals surface area contributed by atoms with Gasteiger partial charge < -0.3 is 10.6 Å². The third-order valence-electron chi connectivity index (χ3n) is 5.34. The van der Waals surface area contributed by atoms with Crippen LogP contribution in [0.15, 0.2) is 42.7 Å². The lowest BCUT2D eigenvalue weighted by atomic mass is 10.0. The van der Waals surface area contributed by atoms with Crippen LogP contribution in [0.4, 0.5) is 0 Å². The summed E-state index contributed by atoms with van der Waals surface area (Å²) in [5.41, 5.74) is 1.49. The Morgan fingerprint density at radius 2 is 2.07 bits per heavy atom. The molecule has 3 N–H and O–H groups in total. The lowest BCUT2D eigenvalue weighted by Crippen LogP contribution is -2.65. The summed E-state index contributed by atoms with van der Waals surface area (Å²) in [5, 5.41) is 13.8. The number of rotatable bonds is 4. The molecule has 8 nitrogen and oxygen atoms in total. The first-order chi connectivity index (χ1) is 13.6. The van der Waals surface area contributed by atoms with Gasteiger partial charge in [-0.3, -0.25) is 19.8 Å². The van der Waals surface area contributed by atoms with Crippen molar-refractivity contribution in [2.75, 3.05) is 13.1 Å². The van der Waals surface area contributed by atoms with Crippen LogP contribution in [-0.2, 0) is 4.79 Å². The van der Waals surface area contributed by atoms with E-state index in [4.69, 9.17) is 0 Å². The zero-order valence-electron chi connectivity index (χ0n) is 16.0. The Balaban J connectivity index is 1.32. The summed E-state index contributed by atoms with van der Waals surface area (Å²) in [4.78, 5) is 26.7. The second-order valence-corrected chi connectivity index (χ2v) is 7.53. The second kappa shape index (κ2) is 8.12. The number of carbonyl (C=O) groups is 2. The highest BCUT2D eigenvalue weighted by Crippen LogP contribution is 2.15. The molecule has 1 aromatic heterocycles. The van der Waals surface area contributed by atoms with Crippen LogP contribution >= 0.6 is 0 Å². The molecular weight excluding hydrogens is 356 g/mol. The molecule has 2 amide bonds. The summed E-state index contributed by atoms with van der Waals surface area (Å²) in [7, 11) is 0. The van der Waals surface area contributed by atoms with Crippen LogP contribution in [-0.4, -0.2) is 58.0 Å². The standard InChI is InChI=1S/C20H26N6O2/c1-14-12-18(27)24-20(22-14)25-10-6-16(7-11-25)23-19(28)15-4-2-5-17(13-15)26-9-3-8-21-26/h2-5,8-9,13-14,16,20,22H,6-7,10-12H2,1H3,(H,23,28)(H,24,27). The topological polar surface area (TPSA) is 91.3 Å². The van der Waals surface area contributed by atoms with E-state index in [2.05, 4.69) is 25.9 Å². The molecule has 4 rings (SSSR count). The van der Waals surface area contributed by atoms with E-state index in [1.54, 1.807) is 10.9 Å². The third kappa shape index (κ3) is 4.23. The van der Waals surface area contributed by atoms with Crippen LogP contribution in [0.25, 0.3) is 5.69 Å². The number of piperidine rings is 1. The van der Waals surface area contributed by atoms with E-state index < -0.39 is 0 Å². The number of benzene rings is 1. The Bertz CT molecular complexity index is 829. The molecule has 3 heterocycles. The fourth-order valence-corrected chi connectivity index (χ4v) is 3.84. The minimum atomic E-state index is -0.112. The molecule has 0 bridgehead atoms. The summed E-state index contributed by atoms with van der Waals surface area (Å²) in [5.74, 6) is 0.0221. The molecule has 2 saturated heterocycles. The van der Waals surface area contributed by atoms with Gasteiger partial charge >= 0.3 is 0 Å². The minimum Gasteiger partial charge on any atom is -0.349 e. The number of hydrogen-bond acceptors (Lipinski definition) is 5. The van der Waals surface area contributed by atoms with Gasteiger partial charge in [0.2, 0.25) is 5.91 Å². The molecular formula is C20H26N6O2. The number of amides is 2. The van der Waals surface area contributed by atoms with Gasteiger partial charge in [0.1, 0.15) is 6.29 Å². The Morgan fingerprint density at radius 1 is 1.25 bits per heavy atom. The van der Waals surface area contributed by atoms with Crippen LogP contribution in [0.5, 0.6) is 0 Å². The molecule has 148 valence electrons. The van der Waals surface area contributed by atoms with E-state index in [9.17, 15) is 9.59 Å². The predicted molar refractivity (Wildman–Crippen MR) is 105 cm³/mol. The van der Waals surface area contributed by atoms with Crippen LogP contribution in [0.2, 0.25) is 0 Å². The number of nitrogens with one attached hydrogen (secondary N) is 3. The summed E-state index contributed by atoms with van der Waals surface area (Å²) >= 11 is 0.